The molecule has 0 heterocycles. The van der Waals surface area contributed by atoms with E-state index >= 15 is 0 Å². The van der Waals surface area contributed by atoms with Gasteiger partial charge >= 0.3 is 5.97 Å². The van der Waals surface area contributed by atoms with Gasteiger partial charge in [-0.3, -0.25) is 4.79 Å². The zero-order chi connectivity index (χ0) is 14.3. The molecule has 1 aromatic carbocycles. The molecule has 0 aliphatic carbocycles. The summed E-state index contributed by atoms with van der Waals surface area (Å²) in [6.07, 6.45) is 1.99. The molecule has 0 unspecified atom stereocenters. The summed E-state index contributed by atoms with van der Waals surface area (Å²) < 4.78 is 4.68. The highest BCUT2D eigenvalue weighted by Crippen LogP contribution is 2.16. The summed E-state index contributed by atoms with van der Waals surface area (Å²) in [6, 6.07) is 7.51. The fourth-order valence-electron chi connectivity index (χ4n) is 1.51. The van der Waals surface area contributed by atoms with E-state index in [1.54, 1.807) is 6.08 Å². The number of methoxy groups -OCH3 is 1. The maximum absolute atomic E-state index is 11.3. The molecule has 0 aliphatic rings. The number of para-hydroxylation sites is 1. The summed E-state index contributed by atoms with van der Waals surface area (Å²) in [4.78, 5) is 13.2. The molecule has 102 valence electrons. The Kier molecular flexibility index (Phi) is 6.02. The normalized spacial score (nSPS) is 9.58. The number of anilines is 1. The predicted octanol–water partition coefficient (Wildman–Crippen LogP) is 2.22. The number of nitrogens with zero attached hydrogens (tertiary/aromatic N) is 1. The lowest BCUT2D eigenvalue weighted by molar-refractivity contribution is -0.139. The monoisotopic (exact) mass is 278 g/mol. The second kappa shape index (κ2) is 7.53. The van der Waals surface area contributed by atoms with Crippen LogP contribution in [-0.2, 0) is 16.0 Å². The first-order valence-corrected chi connectivity index (χ1v) is 6.27. The molecule has 0 saturated heterocycles. The first-order chi connectivity index (χ1) is 9.08. The molecule has 0 aliphatic heterocycles. The zero-order valence-electron chi connectivity index (χ0n) is 11.2. The van der Waals surface area contributed by atoms with Crippen LogP contribution in [0.2, 0.25) is 0 Å². The Morgan fingerprint density at radius 1 is 1.53 bits per heavy atom. The van der Waals surface area contributed by atoms with Crippen LogP contribution in [0.25, 0.3) is 0 Å². The van der Waals surface area contributed by atoms with Gasteiger partial charge in [0.25, 0.3) is 0 Å². The average molecular weight is 278 g/mol. The van der Waals surface area contributed by atoms with E-state index in [-0.39, 0.29) is 12.4 Å². The topological polar surface area (TPSA) is 41.6 Å². The SMILES string of the molecule is C=CCN(C)C(=S)Nc1ccccc1CC(=O)OC. The summed E-state index contributed by atoms with van der Waals surface area (Å²) >= 11 is 5.28. The molecule has 4 nitrogen and oxygen atoms in total. The first kappa shape index (κ1) is 15.2. The van der Waals surface area contributed by atoms with Crippen LogP contribution in [0, 0.1) is 0 Å². The van der Waals surface area contributed by atoms with Crippen LogP contribution in [0.15, 0.2) is 36.9 Å². The van der Waals surface area contributed by atoms with Gasteiger partial charge in [0.15, 0.2) is 5.11 Å². The molecule has 5 heteroatoms. The first-order valence-electron chi connectivity index (χ1n) is 5.86. The van der Waals surface area contributed by atoms with Crippen molar-refractivity contribution in [2.45, 2.75) is 6.42 Å². The summed E-state index contributed by atoms with van der Waals surface area (Å²) in [5, 5.41) is 3.71. The molecule has 0 radical (unpaired) electrons. The number of thiocarbonyl (C=S) groups is 1. The number of benzene rings is 1. The molecule has 1 rings (SSSR count). The van der Waals surface area contributed by atoms with Gasteiger partial charge in [-0.1, -0.05) is 24.3 Å². The van der Waals surface area contributed by atoms with E-state index in [0.29, 0.717) is 11.7 Å². The summed E-state index contributed by atoms with van der Waals surface area (Å²) in [7, 11) is 3.25. The summed E-state index contributed by atoms with van der Waals surface area (Å²) in [6.45, 7) is 4.33. The number of hydrogen-bond donors (Lipinski definition) is 1. The van der Waals surface area contributed by atoms with E-state index in [2.05, 4.69) is 16.6 Å². The number of esters is 1. The molecular formula is C14H18N2O2S. The van der Waals surface area contributed by atoms with E-state index in [9.17, 15) is 4.79 Å². The minimum atomic E-state index is -0.278. The van der Waals surface area contributed by atoms with Gasteiger partial charge in [0, 0.05) is 19.3 Å². The van der Waals surface area contributed by atoms with Crippen molar-refractivity contribution in [1.82, 2.24) is 4.90 Å². The molecule has 1 N–H and O–H groups in total. The van der Waals surface area contributed by atoms with Crippen molar-refractivity contribution in [3.8, 4) is 0 Å². The molecule has 0 spiro atoms. The highest BCUT2D eigenvalue weighted by molar-refractivity contribution is 7.80. The van der Waals surface area contributed by atoms with E-state index in [1.165, 1.54) is 7.11 Å². The van der Waals surface area contributed by atoms with Gasteiger partial charge in [0.1, 0.15) is 0 Å². The van der Waals surface area contributed by atoms with Gasteiger partial charge in [-0.2, -0.15) is 0 Å². The molecule has 1 aromatic rings. The second-order valence-electron chi connectivity index (χ2n) is 4.01. The van der Waals surface area contributed by atoms with Crippen LogP contribution in [0.4, 0.5) is 5.69 Å². The highest BCUT2D eigenvalue weighted by Gasteiger charge is 2.10. The fraction of sp³-hybridized carbons (Fsp3) is 0.286. The number of ether oxygens (including phenoxy) is 1. The summed E-state index contributed by atoms with van der Waals surface area (Å²) in [5.74, 6) is -0.278. The standard InChI is InChI=1S/C14H18N2O2S/c1-4-9-16(2)14(19)15-12-8-6-5-7-11(12)10-13(17)18-3/h4-8H,1,9-10H2,2-3H3,(H,15,19). The van der Waals surface area contributed by atoms with Crippen LogP contribution in [0.1, 0.15) is 5.56 Å². The largest absolute Gasteiger partial charge is 0.469 e. The second-order valence-corrected chi connectivity index (χ2v) is 4.40. The van der Waals surface area contributed by atoms with Gasteiger partial charge in [0.2, 0.25) is 0 Å². The van der Waals surface area contributed by atoms with Gasteiger partial charge in [-0.25, -0.2) is 0 Å². The van der Waals surface area contributed by atoms with Gasteiger partial charge in [0.05, 0.1) is 13.5 Å². The maximum Gasteiger partial charge on any atom is 0.310 e. The average Bonchev–Trinajstić information content (AvgIpc) is 2.41. The van der Waals surface area contributed by atoms with Crippen molar-refractivity contribution in [3.05, 3.63) is 42.5 Å². The van der Waals surface area contributed by atoms with Crippen LogP contribution in [0.5, 0.6) is 0 Å². The van der Waals surface area contributed by atoms with Crippen LogP contribution >= 0.6 is 12.2 Å². The third kappa shape index (κ3) is 4.71. The van der Waals surface area contributed by atoms with Gasteiger partial charge in [-0.05, 0) is 23.8 Å². The Morgan fingerprint density at radius 3 is 2.84 bits per heavy atom. The number of carbonyl (C=O) groups is 1. The molecule has 0 bridgehead atoms. The molecule has 0 aromatic heterocycles. The maximum atomic E-state index is 11.3. The Labute approximate surface area is 119 Å². The van der Waals surface area contributed by atoms with E-state index in [4.69, 9.17) is 12.2 Å². The molecule has 0 amide bonds. The lowest BCUT2D eigenvalue weighted by atomic mass is 10.1. The zero-order valence-corrected chi connectivity index (χ0v) is 12.0. The Morgan fingerprint density at radius 2 is 2.21 bits per heavy atom. The van der Waals surface area contributed by atoms with Crippen molar-refractivity contribution in [3.63, 3.8) is 0 Å². The molecule has 19 heavy (non-hydrogen) atoms. The predicted molar refractivity (Wildman–Crippen MR) is 81.2 cm³/mol. The molecule has 0 saturated carbocycles. The minimum absolute atomic E-state index is 0.216. The Bertz CT molecular complexity index is 474. The van der Waals surface area contributed by atoms with Crippen molar-refractivity contribution in [2.75, 3.05) is 26.0 Å². The van der Waals surface area contributed by atoms with E-state index < -0.39 is 0 Å². The van der Waals surface area contributed by atoms with Crippen molar-refractivity contribution in [1.29, 1.82) is 0 Å². The van der Waals surface area contributed by atoms with Gasteiger partial charge < -0.3 is 15.0 Å². The Hall–Kier alpha value is -1.88. The lowest BCUT2D eigenvalue weighted by Gasteiger charge is -2.20. The minimum Gasteiger partial charge on any atom is -0.469 e. The number of likely N-dealkylation sites (N-methyl/N-ethyl adjacent to an activating group) is 1. The van der Waals surface area contributed by atoms with Crippen molar-refractivity contribution >= 4 is 29.0 Å². The van der Waals surface area contributed by atoms with Crippen molar-refractivity contribution in [2.24, 2.45) is 0 Å². The fourth-order valence-corrected chi connectivity index (χ4v) is 1.70. The highest BCUT2D eigenvalue weighted by atomic mass is 32.1. The third-order valence-corrected chi connectivity index (χ3v) is 2.98. The molecule has 0 fully saturated rings. The third-order valence-electron chi connectivity index (χ3n) is 2.57. The number of rotatable bonds is 5. The number of carbonyl (C=O) groups excluding carboxylic acids is 1. The quantitative estimate of drug-likeness (QED) is 0.508. The van der Waals surface area contributed by atoms with Crippen LogP contribution in [0.3, 0.4) is 0 Å². The smallest absolute Gasteiger partial charge is 0.310 e. The van der Waals surface area contributed by atoms with Crippen molar-refractivity contribution < 1.29 is 9.53 Å². The van der Waals surface area contributed by atoms with E-state index in [1.807, 2.05) is 36.2 Å². The van der Waals surface area contributed by atoms with E-state index in [0.717, 1.165) is 11.3 Å². The lowest BCUT2D eigenvalue weighted by Crippen LogP contribution is -2.31. The van der Waals surface area contributed by atoms with Crippen LogP contribution < -0.4 is 5.32 Å². The molecular weight excluding hydrogens is 260 g/mol. The Balaban J connectivity index is 2.80. The van der Waals surface area contributed by atoms with Gasteiger partial charge in [-0.15, -0.1) is 6.58 Å². The number of nitrogens with one attached hydrogen (secondary N) is 1. The molecule has 0 atom stereocenters. The van der Waals surface area contributed by atoms with Crippen LogP contribution in [-0.4, -0.2) is 36.7 Å². The number of hydrogen-bond acceptors (Lipinski definition) is 3. The summed E-state index contributed by atoms with van der Waals surface area (Å²) in [5.41, 5.74) is 1.66.